The zero-order valence-electron chi connectivity index (χ0n) is 10.8. The van der Waals surface area contributed by atoms with Crippen LogP contribution in [0.3, 0.4) is 0 Å². The van der Waals surface area contributed by atoms with Crippen molar-refractivity contribution in [3.05, 3.63) is 35.9 Å². The highest BCUT2D eigenvalue weighted by molar-refractivity contribution is 5.77. The molecule has 1 fully saturated rings. The van der Waals surface area contributed by atoms with Crippen LogP contribution in [-0.2, 0) is 9.53 Å². The fourth-order valence-corrected chi connectivity index (χ4v) is 2.13. The normalized spacial score (nSPS) is 22.6. The van der Waals surface area contributed by atoms with Crippen LogP contribution in [0.1, 0.15) is 38.2 Å². The number of benzene rings is 1. The second-order valence-corrected chi connectivity index (χ2v) is 4.59. The number of carbonyl (C=O) groups excluding carboxylic acids is 1. The van der Waals surface area contributed by atoms with E-state index in [1.54, 1.807) is 6.92 Å². The lowest BCUT2D eigenvalue weighted by Crippen LogP contribution is -2.17. The molecule has 2 rings (SSSR count). The Balaban J connectivity index is 1.91. The molecule has 0 heterocycles. The van der Waals surface area contributed by atoms with E-state index >= 15 is 0 Å². The van der Waals surface area contributed by atoms with Gasteiger partial charge in [0.2, 0.25) is 0 Å². The maximum absolute atomic E-state index is 11.9. The van der Waals surface area contributed by atoms with Gasteiger partial charge in [-0.3, -0.25) is 4.79 Å². The van der Waals surface area contributed by atoms with E-state index < -0.39 is 0 Å². The van der Waals surface area contributed by atoms with Crippen LogP contribution in [-0.4, -0.2) is 12.1 Å². The second-order valence-electron chi connectivity index (χ2n) is 4.59. The highest BCUT2D eigenvalue weighted by Crippen LogP contribution is 2.48. The Morgan fingerprint density at radius 1 is 1.44 bits per heavy atom. The number of rotatable bonds is 4. The van der Waals surface area contributed by atoms with Gasteiger partial charge in [-0.05, 0) is 31.2 Å². The summed E-state index contributed by atoms with van der Waals surface area (Å²) in [6.07, 6.45) is 1.40. The molecule has 94 valence electrons. The van der Waals surface area contributed by atoms with E-state index in [4.69, 9.17) is 4.74 Å². The van der Waals surface area contributed by atoms with Crippen LogP contribution in [0.25, 0.3) is 0 Å². The maximum atomic E-state index is 11.9. The van der Waals surface area contributed by atoms with Gasteiger partial charge >= 0.3 is 5.97 Å². The Bertz CT molecular complexity index is 467. The van der Waals surface area contributed by atoms with Crippen molar-refractivity contribution in [3.8, 4) is 11.8 Å². The summed E-state index contributed by atoms with van der Waals surface area (Å²) in [5, 5.41) is 0. The summed E-state index contributed by atoms with van der Waals surface area (Å²) in [6, 6.07) is 10.1. The number of hydrogen-bond acceptors (Lipinski definition) is 2. The average Bonchev–Trinajstić information content (AvgIpc) is 3.19. The first-order valence-corrected chi connectivity index (χ1v) is 6.44. The maximum Gasteiger partial charge on any atom is 0.310 e. The van der Waals surface area contributed by atoms with Crippen LogP contribution in [0.5, 0.6) is 0 Å². The molecule has 1 aliphatic rings. The van der Waals surface area contributed by atoms with Gasteiger partial charge in [0, 0.05) is 0 Å². The third-order valence-electron chi connectivity index (χ3n) is 3.26. The third kappa shape index (κ3) is 2.92. The molecule has 0 aromatic heterocycles. The molecule has 0 spiro atoms. The van der Waals surface area contributed by atoms with Crippen molar-refractivity contribution in [2.24, 2.45) is 5.92 Å². The van der Waals surface area contributed by atoms with E-state index in [2.05, 4.69) is 24.0 Å². The quantitative estimate of drug-likeness (QED) is 0.599. The molecule has 3 unspecified atom stereocenters. The van der Waals surface area contributed by atoms with E-state index in [-0.39, 0.29) is 18.0 Å². The Morgan fingerprint density at radius 3 is 2.78 bits per heavy atom. The molecule has 1 aliphatic carbocycles. The number of carbonyl (C=O) groups is 1. The van der Waals surface area contributed by atoms with Crippen LogP contribution in [0.2, 0.25) is 0 Å². The Labute approximate surface area is 108 Å². The lowest BCUT2D eigenvalue weighted by atomic mass is 10.1. The molecular weight excluding hydrogens is 224 g/mol. The van der Waals surface area contributed by atoms with Gasteiger partial charge in [-0.15, -0.1) is 5.92 Å². The molecule has 1 aromatic rings. The minimum absolute atomic E-state index is 0.0279. The van der Waals surface area contributed by atoms with Crippen molar-refractivity contribution in [1.29, 1.82) is 0 Å². The van der Waals surface area contributed by atoms with Gasteiger partial charge in [0.25, 0.3) is 0 Å². The van der Waals surface area contributed by atoms with Crippen LogP contribution in [0.15, 0.2) is 30.3 Å². The molecule has 0 saturated heterocycles. The van der Waals surface area contributed by atoms with Crippen molar-refractivity contribution < 1.29 is 9.53 Å². The first-order valence-electron chi connectivity index (χ1n) is 6.44. The summed E-state index contributed by atoms with van der Waals surface area (Å²) in [7, 11) is 0. The van der Waals surface area contributed by atoms with Crippen LogP contribution in [0.4, 0.5) is 0 Å². The summed E-state index contributed by atoms with van der Waals surface area (Å²) in [6.45, 7) is 3.74. The van der Waals surface area contributed by atoms with E-state index in [0.29, 0.717) is 5.92 Å². The highest BCUT2D eigenvalue weighted by atomic mass is 16.5. The van der Waals surface area contributed by atoms with Crippen LogP contribution < -0.4 is 0 Å². The van der Waals surface area contributed by atoms with Crippen molar-refractivity contribution >= 4 is 5.97 Å². The smallest absolute Gasteiger partial charge is 0.310 e. The molecule has 0 N–H and O–H groups in total. The van der Waals surface area contributed by atoms with Gasteiger partial charge in [-0.1, -0.05) is 43.2 Å². The summed E-state index contributed by atoms with van der Waals surface area (Å²) in [4.78, 5) is 11.9. The van der Waals surface area contributed by atoms with Crippen LogP contribution >= 0.6 is 0 Å². The fraction of sp³-hybridized carbons (Fsp3) is 0.438. The Morgan fingerprint density at radius 2 is 2.17 bits per heavy atom. The Kier molecular flexibility index (Phi) is 4.04. The van der Waals surface area contributed by atoms with Gasteiger partial charge < -0.3 is 4.74 Å². The van der Waals surface area contributed by atoms with E-state index in [0.717, 1.165) is 12.8 Å². The summed E-state index contributed by atoms with van der Waals surface area (Å²) in [5.74, 6) is 5.97. The standard InChI is InChI=1S/C16H18O2/c1-3-8-13(4-2)18-16(17)15-11-14(15)12-9-6-5-7-10-12/h5-7,9-10,13-15H,4,11H2,1-2H3. The second kappa shape index (κ2) is 5.73. The number of hydrogen-bond donors (Lipinski definition) is 0. The van der Waals surface area contributed by atoms with Crippen molar-refractivity contribution in [1.82, 2.24) is 0 Å². The molecule has 2 heteroatoms. The predicted molar refractivity (Wildman–Crippen MR) is 70.9 cm³/mol. The zero-order valence-corrected chi connectivity index (χ0v) is 10.8. The van der Waals surface area contributed by atoms with Crippen LogP contribution in [0, 0.1) is 17.8 Å². The predicted octanol–water partition coefficient (Wildman–Crippen LogP) is 3.14. The molecule has 0 aliphatic heterocycles. The van der Waals surface area contributed by atoms with E-state index in [1.807, 2.05) is 25.1 Å². The minimum atomic E-state index is -0.250. The zero-order chi connectivity index (χ0) is 13.0. The monoisotopic (exact) mass is 242 g/mol. The first kappa shape index (κ1) is 12.7. The molecule has 18 heavy (non-hydrogen) atoms. The van der Waals surface area contributed by atoms with Crippen molar-refractivity contribution in [3.63, 3.8) is 0 Å². The van der Waals surface area contributed by atoms with Gasteiger partial charge in [-0.25, -0.2) is 0 Å². The molecule has 2 nitrogen and oxygen atoms in total. The summed E-state index contributed by atoms with van der Waals surface area (Å²) < 4.78 is 5.40. The average molecular weight is 242 g/mol. The molecule has 0 bridgehead atoms. The number of ether oxygens (including phenoxy) is 1. The molecular formula is C16H18O2. The van der Waals surface area contributed by atoms with Gasteiger partial charge in [0.1, 0.15) is 0 Å². The SMILES string of the molecule is CC#CC(CC)OC(=O)C1CC1c1ccccc1. The lowest BCUT2D eigenvalue weighted by Gasteiger charge is -2.09. The number of esters is 1. The highest BCUT2D eigenvalue weighted by Gasteiger charge is 2.45. The van der Waals surface area contributed by atoms with E-state index in [9.17, 15) is 4.79 Å². The minimum Gasteiger partial charge on any atom is -0.449 e. The largest absolute Gasteiger partial charge is 0.449 e. The Hall–Kier alpha value is -1.75. The molecule has 0 radical (unpaired) electrons. The van der Waals surface area contributed by atoms with Crippen molar-refractivity contribution in [2.45, 2.75) is 38.7 Å². The molecule has 1 aromatic carbocycles. The first-order chi connectivity index (χ1) is 8.76. The van der Waals surface area contributed by atoms with Gasteiger partial charge in [0.15, 0.2) is 6.10 Å². The summed E-state index contributed by atoms with van der Waals surface area (Å²) in [5.41, 5.74) is 1.23. The molecule has 3 atom stereocenters. The third-order valence-corrected chi connectivity index (χ3v) is 3.26. The van der Waals surface area contributed by atoms with Gasteiger partial charge in [0.05, 0.1) is 5.92 Å². The molecule has 0 amide bonds. The summed E-state index contributed by atoms with van der Waals surface area (Å²) >= 11 is 0. The lowest BCUT2D eigenvalue weighted by molar-refractivity contribution is -0.148. The fourth-order valence-electron chi connectivity index (χ4n) is 2.13. The van der Waals surface area contributed by atoms with Crippen molar-refractivity contribution in [2.75, 3.05) is 0 Å². The van der Waals surface area contributed by atoms with Gasteiger partial charge in [-0.2, -0.15) is 0 Å². The van der Waals surface area contributed by atoms with E-state index in [1.165, 1.54) is 5.56 Å². The molecule has 1 saturated carbocycles. The topological polar surface area (TPSA) is 26.3 Å².